The summed E-state index contributed by atoms with van der Waals surface area (Å²) < 4.78 is 60.0. The molecule has 164 valence electrons. The standard InChI is InChI=1S/C23H14Cl2F4N2O/c24-19-5-2-6-20(25)22(19)31-17(12-21(30-31)23(27,28)29)13-32-18-9-7-14(8-10-18)15-3-1-4-16(26)11-15/h1-12H,13H2. The largest absolute Gasteiger partial charge is 0.487 e. The summed E-state index contributed by atoms with van der Waals surface area (Å²) in [5.74, 6) is 0.0616. The van der Waals surface area contributed by atoms with Gasteiger partial charge in [-0.15, -0.1) is 0 Å². The first-order chi connectivity index (χ1) is 15.2. The Morgan fingerprint density at radius 1 is 0.844 bits per heavy atom. The quantitative estimate of drug-likeness (QED) is 0.275. The van der Waals surface area contributed by atoms with Gasteiger partial charge in [0.05, 0.1) is 15.7 Å². The van der Waals surface area contributed by atoms with E-state index in [1.165, 1.54) is 24.3 Å². The highest BCUT2D eigenvalue weighted by Gasteiger charge is 2.35. The minimum Gasteiger partial charge on any atom is -0.487 e. The number of rotatable bonds is 5. The Morgan fingerprint density at radius 2 is 1.50 bits per heavy atom. The number of benzene rings is 3. The molecular formula is C23H14Cl2F4N2O. The lowest BCUT2D eigenvalue weighted by atomic mass is 10.1. The minimum absolute atomic E-state index is 0.113. The molecule has 1 heterocycles. The molecule has 4 aromatic rings. The van der Waals surface area contributed by atoms with Crippen molar-refractivity contribution in [3.8, 4) is 22.6 Å². The fourth-order valence-electron chi connectivity index (χ4n) is 3.12. The number of nitrogens with zero attached hydrogens (tertiary/aromatic N) is 2. The number of para-hydroxylation sites is 1. The normalized spacial score (nSPS) is 11.6. The second-order valence-electron chi connectivity index (χ2n) is 6.82. The zero-order valence-corrected chi connectivity index (χ0v) is 17.7. The van der Waals surface area contributed by atoms with Crippen LogP contribution in [0.1, 0.15) is 11.4 Å². The third-order valence-corrected chi connectivity index (χ3v) is 5.23. The molecular weight excluding hydrogens is 467 g/mol. The first-order valence-electron chi connectivity index (χ1n) is 9.32. The maximum absolute atomic E-state index is 13.4. The number of aromatic nitrogens is 2. The lowest BCUT2D eigenvalue weighted by molar-refractivity contribution is -0.141. The zero-order chi connectivity index (χ0) is 22.9. The second kappa shape index (κ2) is 8.84. The van der Waals surface area contributed by atoms with Gasteiger partial charge in [0.2, 0.25) is 0 Å². The molecule has 32 heavy (non-hydrogen) atoms. The van der Waals surface area contributed by atoms with Gasteiger partial charge in [-0.25, -0.2) is 9.07 Å². The number of halogens is 6. The third-order valence-electron chi connectivity index (χ3n) is 4.62. The van der Waals surface area contributed by atoms with Crippen LogP contribution < -0.4 is 4.74 Å². The molecule has 0 aliphatic rings. The lowest BCUT2D eigenvalue weighted by Crippen LogP contribution is -2.09. The van der Waals surface area contributed by atoms with E-state index in [0.717, 1.165) is 16.3 Å². The lowest BCUT2D eigenvalue weighted by Gasteiger charge is -2.12. The smallest absolute Gasteiger partial charge is 0.435 e. The Morgan fingerprint density at radius 3 is 2.12 bits per heavy atom. The van der Waals surface area contributed by atoms with E-state index in [1.807, 2.05) is 0 Å². The molecule has 0 aliphatic heterocycles. The van der Waals surface area contributed by atoms with Crippen LogP contribution in [0.3, 0.4) is 0 Å². The summed E-state index contributed by atoms with van der Waals surface area (Å²) in [4.78, 5) is 0. The molecule has 0 fully saturated rings. The Balaban J connectivity index is 1.61. The van der Waals surface area contributed by atoms with Crippen LogP contribution >= 0.6 is 23.2 Å². The van der Waals surface area contributed by atoms with Crippen molar-refractivity contribution in [2.45, 2.75) is 12.8 Å². The van der Waals surface area contributed by atoms with Gasteiger partial charge in [0.15, 0.2) is 5.69 Å². The molecule has 0 amide bonds. The number of hydrogen-bond donors (Lipinski definition) is 0. The fourth-order valence-corrected chi connectivity index (χ4v) is 3.67. The molecule has 0 saturated heterocycles. The highest BCUT2D eigenvalue weighted by Crippen LogP contribution is 2.34. The summed E-state index contributed by atoms with van der Waals surface area (Å²) in [6, 6.07) is 18.4. The molecule has 0 unspecified atom stereocenters. The van der Waals surface area contributed by atoms with Crippen LogP contribution in [0.25, 0.3) is 16.8 Å². The monoisotopic (exact) mass is 480 g/mol. The molecule has 0 atom stereocenters. The average molecular weight is 481 g/mol. The summed E-state index contributed by atoms with van der Waals surface area (Å²) in [5, 5.41) is 3.95. The van der Waals surface area contributed by atoms with E-state index >= 15 is 0 Å². The van der Waals surface area contributed by atoms with E-state index in [-0.39, 0.29) is 33.9 Å². The Labute approximate surface area is 190 Å². The Hall–Kier alpha value is -3.03. The van der Waals surface area contributed by atoms with Gasteiger partial charge < -0.3 is 4.74 Å². The SMILES string of the molecule is Fc1cccc(-c2ccc(OCc3cc(C(F)(F)F)nn3-c3c(Cl)cccc3Cl)cc2)c1. The zero-order valence-electron chi connectivity index (χ0n) is 16.2. The van der Waals surface area contributed by atoms with Gasteiger partial charge in [-0.1, -0.05) is 53.5 Å². The highest BCUT2D eigenvalue weighted by molar-refractivity contribution is 6.37. The fraction of sp³-hybridized carbons (Fsp3) is 0.0870. The van der Waals surface area contributed by atoms with Crippen molar-refractivity contribution in [2.75, 3.05) is 0 Å². The molecule has 0 spiro atoms. The van der Waals surface area contributed by atoms with E-state index in [1.54, 1.807) is 42.5 Å². The molecule has 0 N–H and O–H groups in total. The molecule has 0 radical (unpaired) electrons. The van der Waals surface area contributed by atoms with Gasteiger partial charge in [0.25, 0.3) is 0 Å². The predicted molar refractivity (Wildman–Crippen MR) is 115 cm³/mol. The summed E-state index contributed by atoms with van der Waals surface area (Å²) in [5.41, 5.74) is 0.614. The molecule has 4 rings (SSSR count). The van der Waals surface area contributed by atoms with Crippen molar-refractivity contribution in [1.29, 1.82) is 0 Å². The van der Waals surface area contributed by atoms with Crippen molar-refractivity contribution in [3.05, 3.63) is 100 Å². The molecule has 1 aromatic heterocycles. The molecule has 3 aromatic carbocycles. The van der Waals surface area contributed by atoms with Crippen LogP contribution in [0.2, 0.25) is 10.0 Å². The molecule has 0 bridgehead atoms. The molecule has 3 nitrogen and oxygen atoms in total. The van der Waals surface area contributed by atoms with Crippen molar-refractivity contribution in [3.63, 3.8) is 0 Å². The third kappa shape index (κ3) is 4.74. The minimum atomic E-state index is -4.65. The van der Waals surface area contributed by atoms with Gasteiger partial charge in [-0.05, 0) is 53.6 Å². The van der Waals surface area contributed by atoms with Crippen molar-refractivity contribution >= 4 is 23.2 Å². The van der Waals surface area contributed by atoms with Gasteiger partial charge >= 0.3 is 6.18 Å². The molecule has 9 heteroatoms. The summed E-state index contributed by atoms with van der Waals surface area (Å²) in [7, 11) is 0. The van der Waals surface area contributed by atoms with Crippen molar-refractivity contribution in [2.24, 2.45) is 0 Å². The number of hydrogen-bond acceptors (Lipinski definition) is 2. The van der Waals surface area contributed by atoms with Crippen molar-refractivity contribution in [1.82, 2.24) is 9.78 Å². The maximum Gasteiger partial charge on any atom is 0.435 e. The highest BCUT2D eigenvalue weighted by atomic mass is 35.5. The number of ether oxygens (including phenoxy) is 1. The molecule has 0 aliphatic carbocycles. The van der Waals surface area contributed by atoms with Gasteiger partial charge in [0, 0.05) is 0 Å². The van der Waals surface area contributed by atoms with Crippen LogP contribution in [0.15, 0.2) is 72.8 Å². The Bertz CT molecular complexity index is 1230. The van der Waals surface area contributed by atoms with E-state index in [0.29, 0.717) is 11.3 Å². The molecule has 0 saturated carbocycles. The topological polar surface area (TPSA) is 27.1 Å². The van der Waals surface area contributed by atoms with E-state index in [2.05, 4.69) is 5.10 Å². The number of alkyl halides is 3. The summed E-state index contributed by atoms with van der Waals surface area (Å²) in [6.07, 6.45) is -4.65. The maximum atomic E-state index is 13.4. The Kier molecular flexibility index (Phi) is 6.13. The van der Waals surface area contributed by atoms with Crippen LogP contribution in [0, 0.1) is 5.82 Å². The van der Waals surface area contributed by atoms with Gasteiger partial charge in [-0.2, -0.15) is 18.3 Å². The van der Waals surface area contributed by atoms with Gasteiger partial charge in [-0.3, -0.25) is 0 Å². The average Bonchev–Trinajstić information content (AvgIpc) is 3.17. The van der Waals surface area contributed by atoms with Crippen LogP contribution in [-0.2, 0) is 12.8 Å². The predicted octanol–water partition coefficient (Wildman–Crippen LogP) is 7.58. The van der Waals surface area contributed by atoms with E-state index in [4.69, 9.17) is 27.9 Å². The van der Waals surface area contributed by atoms with Crippen molar-refractivity contribution < 1.29 is 22.3 Å². The van der Waals surface area contributed by atoms with Crippen LogP contribution in [0.4, 0.5) is 17.6 Å². The van der Waals surface area contributed by atoms with E-state index < -0.39 is 11.9 Å². The first kappa shape index (κ1) is 22.2. The first-order valence-corrected chi connectivity index (χ1v) is 10.1. The van der Waals surface area contributed by atoms with E-state index in [9.17, 15) is 17.6 Å². The van der Waals surface area contributed by atoms with Crippen LogP contribution in [-0.4, -0.2) is 9.78 Å². The van der Waals surface area contributed by atoms with Gasteiger partial charge in [0.1, 0.15) is 23.9 Å². The summed E-state index contributed by atoms with van der Waals surface area (Å²) >= 11 is 12.3. The van der Waals surface area contributed by atoms with Crippen LogP contribution in [0.5, 0.6) is 5.75 Å². The summed E-state index contributed by atoms with van der Waals surface area (Å²) in [6.45, 7) is -0.218. The second-order valence-corrected chi connectivity index (χ2v) is 7.64.